The van der Waals surface area contributed by atoms with Crippen LogP contribution in [-0.4, -0.2) is 41.6 Å². The minimum absolute atomic E-state index is 0.125. The molecule has 0 aliphatic carbocycles. The number of unbranched alkanes of at least 4 members (excludes halogenated alkanes) is 1. The Bertz CT molecular complexity index is 323. The Labute approximate surface area is 115 Å². The number of rotatable bonds is 5. The summed E-state index contributed by atoms with van der Waals surface area (Å²) in [6.07, 6.45) is 3.78. The zero-order valence-electron chi connectivity index (χ0n) is 12.2. The number of carboxylic acids is 1. The Balaban J connectivity index is 2.14. The highest BCUT2D eigenvalue weighted by Crippen LogP contribution is 2.21. The third-order valence-electron chi connectivity index (χ3n) is 3.45. The maximum atomic E-state index is 11.8. The maximum Gasteiger partial charge on any atom is 0.317 e. The maximum absolute atomic E-state index is 11.8. The van der Waals surface area contributed by atoms with Crippen LogP contribution >= 0.6 is 0 Å². The van der Waals surface area contributed by atoms with E-state index in [1.807, 2.05) is 0 Å². The molecule has 1 heterocycles. The molecule has 1 saturated heterocycles. The fourth-order valence-electron chi connectivity index (χ4n) is 2.23. The molecule has 0 bridgehead atoms. The zero-order chi connectivity index (χ0) is 14.5. The first-order chi connectivity index (χ1) is 8.79. The third kappa shape index (κ3) is 5.94. The van der Waals surface area contributed by atoms with Crippen molar-refractivity contribution in [3.05, 3.63) is 0 Å². The lowest BCUT2D eigenvalue weighted by Gasteiger charge is -2.19. The zero-order valence-corrected chi connectivity index (χ0v) is 12.2. The van der Waals surface area contributed by atoms with E-state index < -0.39 is 11.9 Å². The van der Waals surface area contributed by atoms with Gasteiger partial charge in [-0.3, -0.25) is 4.79 Å². The SMILES string of the molecule is CC(C)(C)CCCCNC(=O)N1CCC(C(=O)O)C1. The smallest absolute Gasteiger partial charge is 0.317 e. The van der Waals surface area contributed by atoms with Crippen LogP contribution in [0.3, 0.4) is 0 Å². The summed E-state index contributed by atoms with van der Waals surface area (Å²) in [4.78, 5) is 24.2. The summed E-state index contributed by atoms with van der Waals surface area (Å²) in [5.41, 5.74) is 0.341. The van der Waals surface area contributed by atoms with E-state index in [1.54, 1.807) is 4.90 Å². The van der Waals surface area contributed by atoms with Gasteiger partial charge in [0, 0.05) is 19.6 Å². The number of aliphatic carboxylic acids is 1. The van der Waals surface area contributed by atoms with Crippen molar-refractivity contribution in [2.75, 3.05) is 19.6 Å². The molecule has 0 aromatic rings. The number of nitrogens with zero attached hydrogens (tertiary/aromatic N) is 1. The topological polar surface area (TPSA) is 69.6 Å². The summed E-state index contributed by atoms with van der Waals surface area (Å²) in [6.45, 7) is 8.18. The highest BCUT2D eigenvalue weighted by Gasteiger charge is 2.30. The molecule has 2 amide bonds. The molecule has 5 heteroatoms. The molecule has 0 aromatic carbocycles. The Kier molecular flexibility index (Phi) is 5.63. The van der Waals surface area contributed by atoms with Gasteiger partial charge in [-0.2, -0.15) is 0 Å². The number of carbonyl (C=O) groups excluding carboxylic acids is 1. The quantitative estimate of drug-likeness (QED) is 0.753. The first-order valence-corrected chi connectivity index (χ1v) is 7.05. The van der Waals surface area contributed by atoms with Crippen molar-refractivity contribution in [2.45, 2.75) is 46.5 Å². The largest absolute Gasteiger partial charge is 0.481 e. The predicted octanol–water partition coefficient (Wildman–Crippen LogP) is 2.32. The molecule has 1 fully saturated rings. The summed E-state index contributed by atoms with van der Waals surface area (Å²) in [5, 5.41) is 11.7. The van der Waals surface area contributed by atoms with Crippen molar-refractivity contribution in [1.82, 2.24) is 10.2 Å². The van der Waals surface area contributed by atoms with Gasteiger partial charge in [-0.1, -0.05) is 27.2 Å². The second-order valence-corrected chi connectivity index (χ2v) is 6.52. The van der Waals surface area contributed by atoms with Crippen LogP contribution in [0.2, 0.25) is 0 Å². The van der Waals surface area contributed by atoms with E-state index in [0.29, 0.717) is 31.5 Å². The van der Waals surface area contributed by atoms with Crippen LogP contribution in [0, 0.1) is 11.3 Å². The molecule has 1 aliphatic heterocycles. The lowest BCUT2D eigenvalue weighted by Crippen LogP contribution is -2.39. The highest BCUT2D eigenvalue weighted by atomic mass is 16.4. The minimum atomic E-state index is -0.805. The summed E-state index contributed by atoms with van der Waals surface area (Å²) >= 11 is 0. The average molecular weight is 270 g/mol. The van der Waals surface area contributed by atoms with E-state index in [-0.39, 0.29) is 6.03 Å². The van der Waals surface area contributed by atoms with Crippen molar-refractivity contribution in [3.8, 4) is 0 Å². The average Bonchev–Trinajstić information content (AvgIpc) is 2.76. The molecule has 1 aliphatic rings. The Morgan fingerprint density at radius 2 is 2.00 bits per heavy atom. The normalized spacial score (nSPS) is 19.5. The van der Waals surface area contributed by atoms with Gasteiger partial charge in [-0.25, -0.2) is 4.79 Å². The van der Waals surface area contributed by atoms with E-state index >= 15 is 0 Å². The van der Waals surface area contributed by atoms with Gasteiger partial charge in [-0.05, 0) is 24.7 Å². The fraction of sp³-hybridized carbons (Fsp3) is 0.857. The number of amides is 2. The van der Waals surface area contributed by atoms with E-state index in [0.717, 1.165) is 19.3 Å². The van der Waals surface area contributed by atoms with Gasteiger partial charge >= 0.3 is 12.0 Å². The summed E-state index contributed by atoms with van der Waals surface area (Å²) in [5.74, 6) is -1.20. The standard InChI is InChI=1S/C14H26N2O3/c1-14(2,3)7-4-5-8-15-13(19)16-9-6-11(10-16)12(17)18/h11H,4-10H2,1-3H3,(H,15,19)(H,17,18). The molecular weight excluding hydrogens is 244 g/mol. The number of likely N-dealkylation sites (tertiary alicyclic amines) is 1. The van der Waals surface area contributed by atoms with Gasteiger partial charge in [-0.15, -0.1) is 0 Å². The molecule has 0 saturated carbocycles. The van der Waals surface area contributed by atoms with Crippen molar-refractivity contribution < 1.29 is 14.7 Å². The van der Waals surface area contributed by atoms with E-state index in [9.17, 15) is 9.59 Å². The first kappa shape index (κ1) is 15.8. The molecule has 2 N–H and O–H groups in total. The van der Waals surface area contributed by atoms with E-state index in [2.05, 4.69) is 26.1 Å². The Morgan fingerprint density at radius 3 is 2.53 bits per heavy atom. The van der Waals surface area contributed by atoms with E-state index in [4.69, 9.17) is 5.11 Å². The van der Waals surface area contributed by atoms with Crippen molar-refractivity contribution >= 4 is 12.0 Å². The second kappa shape index (κ2) is 6.78. The van der Waals surface area contributed by atoms with Gasteiger partial charge in [0.25, 0.3) is 0 Å². The monoisotopic (exact) mass is 270 g/mol. The predicted molar refractivity (Wildman–Crippen MR) is 74.0 cm³/mol. The van der Waals surface area contributed by atoms with Crippen LogP contribution in [0.25, 0.3) is 0 Å². The molecule has 110 valence electrons. The fourth-order valence-corrected chi connectivity index (χ4v) is 2.23. The Hall–Kier alpha value is -1.26. The molecular formula is C14H26N2O3. The summed E-state index contributed by atoms with van der Waals surface area (Å²) in [7, 11) is 0. The minimum Gasteiger partial charge on any atom is -0.481 e. The van der Waals surface area contributed by atoms with E-state index in [1.165, 1.54) is 0 Å². The molecule has 1 atom stereocenters. The number of hydrogen-bond donors (Lipinski definition) is 2. The van der Waals surface area contributed by atoms with Gasteiger partial charge < -0.3 is 15.3 Å². The second-order valence-electron chi connectivity index (χ2n) is 6.52. The first-order valence-electron chi connectivity index (χ1n) is 7.05. The van der Waals surface area contributed by atoms with Crippen LogP contribution in [0.1, 0.15) is 46.5 Å². The van der Waals surface area contributed by atoms with Crippen LogP contribution in [-0.2, 0) is 4.79 Å². The Morgan fingerprint density at radius 1 is 1.32 bits per heavy atom. The van der Waals surface area contributed by atoms with Crippen molar-refractivity contribution in [3.63, 3.8) is 0 Å². The van der Waals surface area contributed by atoms with Gasteiger partial charge in [0.1, 0.15) is 0 Å². The molecule has 19 heavy (non-hydrogen) atoms. The van der Waals surface area contributed by atoms with Crippen LogP contribution in [0.5, 0.6) is 0 Å². The van der Waals surface area contributed by atoms with Gasteiger partial charge in [0.2, 0.25) is 0 Å². The number of carboxylic acid groups (broad SMARTS) is 1. The van der Waals surface area contributed by atoms with Gasteiger partial charge in [0.05, 0.1) is 5.92 Å². The number of hydrogen-bond acceptors (Lipinski definition) is 2. The lowest BCUT2D eigenvalue weighted by atomic mass is 9.90. The number of urea groups is 1. The molecule has 5 nitrogen and oxygen atoms in total. The van der Waals surface area contributed by atoms with Crippen molar-refractivity contribution in [2.24, 2.45) is 11.3 Å². The highest BCUT2D eigenvalue weighted by molar-refractivity contribution is 5.77. The van der Waals surface area contributed by atoms with Crippen molar-refractivity contribution in [1.29, 1.82) is 0 Å². The van der Waals surface area contributed by atoms with Gasteiger partial charge in [0.15, 0.2) is 0 Å². The summed E-state index contributed by atoms with van der Waals surface area (Å²) < 4.78 is 0. The lowest BCUT2D eigenvalue weighted by molar-refractivity contribution is -0.141. The van der Waals surface area contributed by atoms with Crippen LogP contribution in [0.4, 0.5) is 4.79 Å². The molecule has 0 radical (unpaired) electrons. The number of nitrogens with one attached hydrogen (secondary N) is 1. The third-order valence-corrected chi connectivity index (χ3v) is 3.45. The molecule has 1 rings (SSSR count). The summed E-state index contributed by atoms with van der Waals surface area (Å²) in [6, 6.07) is -0.125. The molecule has 0 aromatic heterocycles. The molecule has 1 unspecified atom stereocenters. The van der Waals surface area contributed by atoms with Crippen LogP contribution in [0.15, 0.2) is 0 Å². The van der Waals surface area contributed by atoms with Crippen LogP contribution < -0.4 is 5.32 Å². The molecule has 0 spiro atoms. The number of carbonyl (C=O) groups is 2.